The van der Waals surface area contributed by atoms with Crippen molar-refractivity contribution in [3.05, 3.63) is 52.2 Å². The number of nitrogens with one attached hydrogen (secondary N) is 1. The van der Waals surface area contributed by atoms with E-state index in [9.17, 15) is 4.79 Å². The molecule has 0 radical (unpaired) electrons. The standard InChI is InChI=1S/C20H24N2OS.2ClH/c1-4-22(5-2)13-12-21-16-11-10-14(3)20-18(16)19(23)15-8-6-7-9-17(15)24-20;;/h6-11,21H,4-5,12-13H2,1-3H3;2*1H. The predicted molar refractivity (Wildman–Crippen MR) is 121 cm³/mol. The average molecular weight is 413 g/mol. The van der Waals surface area contributed by atoms with Crippen LogP contribution >= 0.6 is 36.2 Å². The molecule has 26 heavy (non-hydrogen) atoms. The summed E-state index contributed by atoms with van der Waals surface area (Å²) in [5, 5.41) is 5.13. The van der Waals surface area contributed by atoms with Gasteiger partial charge >= 0.3 is 0 Å². The van der Waals surface area contributed by atoms with E-state index in [0.29, 0.717) is 0 Å². The van der Waals surface area contributed by atoms with Gasteiger partial charge in [0.25, 0.3) is 0 Å². The van der Waals surface area contributed by atoms with Gasteiger partial charge in [0.2, 0.25) is 0 Å². The van der Waals surface area contributed by atoms with E-state index in [1.165, 1.54) is 0 Å². The van der Waals surface area contributed by atoms with E-state index < -0.39 is 0 Å². The van der Waals surface area contributed by atoms with Gasteiger partial charge in [-0.2, -0.15) is 0 Å². The Balaban J connectivity index is 0.00000169. The first-order chi connectivity index (χ1) is 11.7. The van der Waals surface area contributed by atoms with Crippen LogP contribution in [0.2, 0.25) is 0 Å². The predicted octanol–water partition coefficient (Wildman–Crippen LogP) is 5.32. The van der Waals surface area contributed by atoms with Crippen LogP contribution in [0, 0.1) is 6.92 Å². The van der Waals surface area contributed by atoms with Crippen LogP contribution in [0.15, 0.2) is 41.2 Å². The van der Waals surface area contributed by atoms with Crippen LogP contribution in [0.3, 0.4) is 0 Å². The van der Waals surface area contributed by atoms with Gasteiger partial charge < -0.3 is 10.2 Å². The molecule has 0 atom stereocenters. The normalized spacial score (nSPS) is 10.6. The largest absolute Gasteiger partial charge is 0.383 e. The van der Waals surface area contributed by atoms with Crippen molar-refractivity contribution in [2.24, 2.45) is 0 Å². The maximum Gasteiger partial charge on any atom is 0.197 e. The highest BCUT2D eigenvalue weighted by molar-refractivity contribution is 7.24. The molecule has 6 heteroatoms. The fourth-order valence-electron chi connectivity index (χ4n) is 3.07. The number of benzene rings is 2. The summed E-state index contributed by atoms with van der Waals surface area (Å²) < 4.78 is 2.14. The molecule has 0 aliphatic heterocycles. The van der Waals surface area contributed by atoms with E-state index in [4.69, 9.17) is 0 Å². The first-order valence-electron chi connectivity index (χ1n) is 8.57. The maximum atomic E-state index is 13.0. The van der Waals surface area contributed by atoms with E-state index in [2.05, 4.69) is 37.1 Å². The van der Waals surface area contributed by atoms with Crippen molar-refractivity contribution in [2.45, 2.75) is 20.8 Å². The third-order valence-corrected chi connectivity index (χ3v) is 5.87. The van der Waals surface area contributed by atoms with Crippen LogP contribution in [0.25, 0.3) is 20.2 Å². The molecule has 0 bridgehead atoms. The molecule has 142 valence electrons. The molecule has 0 unspecified atom stereocenters. The number of hydrogen-bond donors (Lipinski definition) is 1. The van der Waals surface area contributed by atoms with Gasteiger partial charge in [-0.05, 0) is 43.8 Å². The second kappa shape index (κ2) is 10.1. The minimum absolute atomic E-state index is 0. The number of nitrogens with zero attached hydrogens (tertiary/aromatic N) is 1. The molecule has 0 aliphatic carbocycles. The monoisotopic (exact) mass is 412 g/mol. The summed E-state index contributed by atoms with van der Waals surface area (Å²) in [6.45, 7) is 10.3. The van der Waals surface area contributed by atoms with Gasteiger partial charge in [-0.1, -0.05) is 32.0 Å². The number of hydrogen-bond acceptors (Lipinski definition) is 4. The SMILES string of the molecule is CCN(CC)CCNc1ccc(C)c2sc3ccccc3c(=O)c12.Cl.Cl. The van der Waals surface area contributed by atoms with Gasteiger partial charge in [0.05, 0.1) is 5.39 Å². The van der Waals surface area contributed by atoms with Crippen LogP contribution in [0.1, 0.15) is 19.4 Å². The second-order valence-corrected chi connectivity index (χ2v) is 7.07. The van der Waals surface area contributed by atoms with Gasteiger partial charge in [0, 0.05) is 33.6 Å². The molecule has 0 aliphatic rings. The average Bonchev–Trinajstić information content (AvgIpc) is 2.61. The van der Waals surface area contributed by atoms with Crippen LogP contribution < -0.4 is 10.7 Å². The number of rotatable bonds is 6. The topological polar surface area (TPSA) is 32.3 Å². The van der Waals surface area contributed by atoms with Crippen LogP contribution in [0.5, 0.6) is 0 Å². The summed E-state index contributed by atoms with van der Waals surface area (Å²) in [7, 11) is 0. The second-order valence-electron chi connectivity index (χ2n) is 6.02. The van der Waals surface area contributed by atoms with Crippen molar-refractivity contribution in [1.29, 1.82) is 0 Å². The molecular formula is C20H26Cl2N2OS. The van der Waals surface area contributed by atoms with E-state index in [-0.39, 0.29) is 30.2 Å². The van der Waals surface area contributed by atoms with Crippen molar-refractivity contribution in [2.75, 3.05) is 31.5 Å². The third kappa shape index (κ3) is 4.49. The molecule has 3 rings (SSSR count). The highest BCUT2D eigenvalue weighted by atomic mass is 35.5. The Morgan fingerprint density at radius 2 is 1.73 bits per heavy atom. The minimum Gasteiger partial charge on any atom is -0.383 e. The Morgan fingerprint density at radius 3 is 2.42 bits per heavy atom. The Labute approximate surface area is 171 Å². The first-order valence-corrected chi connectivity index (χ1v) is 9.38. The summed E-state index contributed by atoms with van der Waals surface area (Å²) in [4.78, 5) is 15.4. The van der Waals surface area contributed by atoms with Crippen molar-refractivity contribution in [1.82, 2.24) is 4.90 Å². The van der Waals surface area contributed by atoms with Crippen molar-refractivity contribution < 1.29 is 0 Å². The molecule has 0 saturated carbocycles. The summed E-state index contributed by atoms with van der Waals surface area (Å²) in [5.74, 6) is 0. The highest BCUT2D eigenvalue weighted by Gasteiger charge is 2.12. The molecule has 1 N–H and O–H groups in total. The third-order valence-electron chi connectivity index (χ3n) is 4.56. The van der Waals surface area contributed by atoms with Crippen molar-refractivity contribution >= 4 is 62.0 Å². The van der Waals surface area contributed by atoms with Gasteiger partial charge in [0.15, 0.2) is 5.43 Å². The number of likely N-dealkylation sites (N-methyl/N-ethyl adjacent to an activating group) is 1. The number of aryl methyl sites for hydroxylation is 1. The van der Waals surface area contributed by atoms with Gasteiger partial charge in [0.1, 0.15) is 0 Å². The van der Waals surface area contributed by atoms with Crippen molar-refractivity contribution in [3.63, 3.8) is 0 Å². The minimum atomic E-state index is 0. The van der Waals surface area contributed by atoms with E-state index in [1.807, 2.05) is 30.3 Å². The lowest BCUT2D eigenvalue weighted by Gasteiger charge is -2.19. The Bertz CT molecular complexity index is 923. The number of anilines is 1. The quantitative estimate of drug-likeness (QED) is 0.555. The Morgan fingerprint density at radius 1 is 1.04 bits per heavy atom. The molecule has 0 amide bonds. The molecule has 0 spiro atoms. The smallest absolute Gasteiger partial charge is 0.197 e. The summed E-state index contributed by atoms with van der Waals surface area (Å²) in [6, 6.07) is 12.0. The molecule has 3 nitrogen and oxygen atoms in total. The maximum absolute atomic E-state index is 13.0. The molecular weight excluding hydrogens is 387 g/mol. The molecule has 0 saturated heterocycles. The fourth-order valence-corrected chi connectivity index (χ4v) is 4.24. The lowest BCUT2D eigenvalue weighted by molar-refractivity contribution is 0.316. The summed E-state index contributed by atoms with van der Waals surface area (Å²) in [5.41, 5.74) is 2.25. The zero-order valence-electron chi connectivity index (χ0n) is 15.4. The summed E-state index contributed by atoms with van der Waals surface area (Å²) >= 11 is 1.70. The van der Waals surface area contributed by atoms with E-state index in [1.54, 1.807) is 11.3 Å². The fraction of sp³-hybridized carbons (Fsp3) is 0.350. The van der Waals surface area contributed by atoms with Crippen LogP contribution in [0.4, 0.5) is 5.69 Å². The van der Waals surface area contributed by atoms with Crippen LogP contribution in [-0.2, 0) is 0 Å². The molecule has 3 aromatic rings. The molecule has 1 aromatic heterocycles. The first kappa shape index (κ1) is 22.7. The van der Waals surface area contributed by atoms with Crippen molar-refractivity contribution in [3.8, 4) is 0 Å². The lowest BCUT2D eigenvalue weighted by atomic mass is 10.1. The van der Waals surface area contributed by atoms with Gasteiger partial charge in [-0.3, -0.25) is 4.79 Å². The lowest BCUT2D eigenvalue weighted by Crippen LogP contribution is -2.28. The zero-order valence-corrected chi connectivity index (χ0v) is 17.8. The van der Waals surface area contributed by atoms with Gasteiger partial charge in [-0.25, -0.2) is 0 Å². The molecule has 2 aromatic carbocycles. The Kier molecular flexibility index (Phi) is 8.84. The molecule has 1 heterocycles. The number of halogens is 2. The molecule has 0 fully saturated rings. The summed E-state index contributed by atoms with van der Waals surface area (Å²) in [6.07, 6.45) is 0. The van der Waals surface area contributed by atoms with E-state index in [0.717, 1.165) is 57.6 Å². The Hall–Kier alpha value is -1.33. The van der Waals surface area contributed by atoms with E-state index >= 15 is 0 Å². The zero-order chi connectivity index (χ0) is 17.1. The highest BCUT2D eigenvalue weighted by Crippen LogP contribution is 2.31. The van der Waals surface area contributed by atoms with Gasteiger partial charge in [-0.15, -0.1) is 36.2 Å². The number of fused-ring (bicyclic) bond motifs is 2. The van der Waals surface area contributed by atoms with Crippen LogP contribution in [-0.4, -0.2) is 31.1 Å².